The number of thiol groups is 1. The second-order valence-corrected chi connectivity index (χ2v) is 4.04. The lowest BCUT2D eigenvalue weighted by Crippen LogP contribution is -1.90. The molecule has 1 nitrogen and oxygen atoms in total. The summed E-state index contributed by atoms with van der Waals surface area (Å²) in [5.41, 5.74) is 0. The van der Waals surface area contributed by atoms with Crippen LogP contribution in [0.5, 0.6) is 0 Å². The maximum atomic E-state index is 4.78. The van der Waals surface area contributed by atoms with E-state index in [1.54, 1.807) is 0 Å². The highest BCUT2D eigenvalue weighted by Crippen LogP contribution is 2.13. The molecule has 1 aliphatic rings. The molecule has 7 heavy (non-hydrogen) atoms. The Morgan fingerprint density at radius 2 is 2.43 bits per heavy atom. The second kappa shape index (κ2) is 2.30. The minimum absolute atomic E-state index is 0.785. The number of hydrogen-bond acceptors (Lipinski definition) is 3. The van der Waals surface area contributed by atoms with Crippen molar-refractivity contribution in [2.75, 3.05) is 0 Å². The van der Waals surface area contributed by atoms with Gasteiger partial charge in [-0.15, -0.1) is 12.6 Å². The summed E-state index contributed by atoms with van der Waals surface area (Å²) in [6.07, 6.45) is 0. The van der Waals surface area contributed by atoms with Gasteiger partial charge in [-0.2, -0.15) is 3.77 Å². The molecule has 0 saturated carbocycles. The second-order valence-electron chi connectivity index (χ2n) is 0.850. The van der Waals surface area contributed by atoms with Crippen LogP contribution in [0.4, 0.5) is 0 Å². The molecule has 1 heterocycles. The Labute approximate surface area is 60.1 Å². The van der Waals surface area contributed by atoms with E-state index in [0.29, 0.717) is 0 Å². The smallest absolute Gasteiger partial charge is 0.119 e. The first kappa shape index (κ1) is 5.81. The van der Waals surface area contributed by atoms with Gasteiger partial charge in [-0.05, 0) is 11.1 Å². The van der Waals surface area contributed by atoms with E-state index in [4.69, 9.17) is 12.2 Å². The van der Waals surface area contributed by atoms with Gasteiger partial charge in [0.1, 0.15) is 8.39 Å². The summed E-state index contributed by atoms with van der Waals surface area (Å²) in [7, 11) is 0. The normalized spacial score (nSPS) is 19.0. The van der Waals surface area contributed by atoms with Gasteiger partial charge in [-0.1, -0.05) is 12.2 Å². The molecule has 0 aromatic heterocycles. The summed E-state index contributed by atoms with van der Waals surface area (Å²) < 4.78 is 5.46. The topological polar surface area (TPSA) is 12.4 Å². The lowest BCUT2D eigenvalue weighted by molar-refractivity contribution is 2.14. The fourth-order valence-electron chi connectivity index (χ4n) is 0.164. The highest BCUT2D eigenvalue weighted by atomic mass is 32.2. The largest absolute Gasteiger partial charge is 0.153 e. The fraction of sp³-hybridized carbons (Fsp3) is 0. The SMILES string of the molecule is S=C1SN=S=C1S. The maximum Gasteiger partial charge on any atom is 0.119 e. The first-order valence-corrected chi connectivity index (χ1v) is 3.85. The van der Waals surface area contributed by atoms with Crippen LogP contribution in [0.3, 0.4) is 0 Å². The van der Waals surface area contributed by atoms with Crippen molar-refractivity contribution < 1.29 is 0 Å². The van der Waals surface area contributed by atoms with E-state index >= 15 is 0 Å². The van der Waals surface area contributed by atoms with Crippen LogP contribution in [-0.2, 0) is 11.1 Å². The van der Waals surface area contributed by atoms with Gasteiger partial charge in [0.25, 0.3) is 0 Å². The molecule has 0 bridgehead atoms. The van der Waals surface area contributed by atoms with Crippen molar-refractivity contribution in [3.63, 3.8) is 0 Å². The molecule has 0 saturated heterocycles. The summed E-state index contributed by atoms with van der Waals surface area (Å²) in [6, 6.07) is 0. The van der Waals surface area contributed by atoms with E-state index in [9.17, 15) is 0 Å². The molecule has 0 N–H and O–H groups in total. The van der Waals surface area contributed by atoms with E-state index in [1.807, 2.05) is 0 Å². The number of rotatable bonds is 0. The van der Waals surface area contributed by atoms with Gasteiger partial charge in [0, 0.05) is 11.9 Å². The summed E-state index contributed by atoms with van der Waals surface area (Å²) >= 11 is 11.4. The molecule has 0 unspecified atom stereocenters. The molecular weight excluding hydrogens is 166 g/mol. The predicted molar refractivity (Wildman–Crippen MR) is 44.0 cm³/mol. The van der Waals surface area contributed by atoms with Gasteiger partial charge < -0.3 is 0 Å². The average molecular weight is 167 g/mol. The molecule has 0 spiro atoms. The van der Waals surface area contributed by atoms with E-state index in [2.05, 4.69) is 16.4 Å². The van der Waals surface area contributed by atoms with Crippen molar-refractivity contribution in [1.29, 1.82) is 0 Å². The average Bonchev–Trinajstić information content (AvgIpc) is 1.91. The van der Waals surface area contributed by atoms with Crippen LogP contribution in [0.25, 0.3) is 0 Å². The lowest BCUT2D eigenvalue weighted by Gasteiger charge is -1.79. The summed E-state index contributed by atoms with van der Waals surface area (Å²) in [5, 5.41) is 0. The standard InChI is InChI=1S/C2HNS4/c4-1-2(5)7-3-6-1/h4H. The van der Waals surface area contributed by atoms with Gasteiger partial charge in [0.15, 0.2) is 0 Å². The zero-order valence-corrected chi connectivity index (χ0v) is 6.46. The molecule has 38 valence electrons. The summed E-state index contributed by atoms with van der Waals surface area (Å²) in [5.74, 6) is 0. The third kappa shape index (κ3) is 1.28. The summed E-state index contributed by atoms with van der Waals surface area (Å²) in [6.45, 7) is 0. The number of hydrogen-bond donors (Lipinski definition) is 1. The lowest BCUT2D eigenvalue weighted by atomic mass is 10.9. The van der Waals surface area contributed by atoms with Gasteiger partial charge in [-0.3, -0.25) is 0 Å². The zero-order valence-electron chi connectivity index (χ0n) is 3.12. The van der Waals surface area contributed by atoms with Crippen LogP contribution in [0, 0.1) is 0 Å². The molecule has 0 amide bonds. The zero-order chi connectivity index (χ0) is 5.28. The minimum Gasteiger partial charge on any atom is -0.153 e. The van der Waals surface area contributed by atoms with Crippen molar-refractivity contribution in [3.05, 3.63) is 0 Å². The van der Waals surface area contributed by atoms with Crippen molar-refractivity contribution >= 4 is 56.3 Å². The van der Waals surface area contributed by atoms with E-state index in [0.717, 1.165) is 8.39 Å². The maximum absolute atomic E-state index is 4.78. The van der Waals surface area contributed by atoms with Crippen LogP contribution < -0.4 is 0 Å². The van der Waals surface area contributed by atoms with Crippen LogP contribution in [0.15, 0.2) is 3.77 Å². The quantitative estimate of drug-likeness (QED) is 0.332. The molecule has 0 atom stereocenters. The Bertz CT molecular complexity index is 165. The Hall–Kier alpha value is 0.680. The van der Waals surface area contributed by atoms with Crippen molar-refractivity contribution in [2.45, 2.75) is 0 Å². The molecule has 0 aliphatic carbocycles. The Morgan fingerprint density at radius 3 is 2.57 bits per heavy atom. The van der Waals surface area contributed by atoms with Gasteiger partial charge in [0.2, 0.25) is 0 Å². The first-order chi connectivity index (χ1) is 3.30. The molecule has 0 fully saturated rings. The van der Waals surface area contributed by atoms with Gasteiger partial charge in [-0.25, -0.2) is 0 Å². The molecule has 1 rings (SSSR count). The third-order valence-corrected chi connectivity index (χ3v) is 3.22. The predicted octanol–water partition coefficient (Wildman–Crippen LogP) is 1.30. The van der Waals surface area contributed by atoms with Crippen LogP contribution >= 0.6 is 36.8 Å². The monoisotopic (exact) mass is 167 g/mol. The molecule has 0 radical (unpaired) electrons. The fourth-order valence-corrected chi connectivity index (χ4v) is 2.05. The van der Waals surface area contributed by atoms with E-state index in [-0.39, 0.29) is 0 Å². The van der Waals surface area contributed by atoms with Crippen LogP contribution in [0.1, 0.15) is 0 Å². The Morgan fingerprint density at radius 1 is 1.71 bits per heavy atom. The molecule has 0 aromatic rings. The molecule has 1 aliphatic heterocycles. The Kier molecular flexibility index (Phi) is 1.91. The third-order valence-electron chi connectivity index (χ3n) is 0.419. The van der Waals surface area contributed by atoms with E-state index in [1.165, 1.54) is 23.1 Å². The highest BCUT2D eigenvalue weighted by molar-refractivity contribution is 8.35. The molecule has 0 aromatic carbocycles. The number of nitrogens with zero attached hydrogens (tertiary/aromatic N) is 1. The first-order valence-electron chi connectivity index (χ1n) is 1.45. The van der Waals surface area contributed by atoms with Crippen molar-refractivity contribution in [1.82, 2.24) is 0 Å². The van der Waals surface area contributed by atoms with Crippen LogP contribution in [0.2, 0.25) is 0 Å². The molecule has 5 heteroatoms. The highest BCUT2D eigenvalue weighted by Gasteiger charge is 2.03. The number of thiocarbonyl (C=S) groups is 1. The van der Waals surface area contributed by atoms with Gasteiger partial charge >= 0.3 is 0 Å². The van der Waals surface area contributed by atoms with Crippen molar-refractivity contribution in [2.24, 2.45) is 3.77 Å². The minimum atomic E-state index is 0.785. The van der Waals surface area contributed by atoms with Crippen molar-refractivity contribution in [3.8, 4) is 0 Å². The Balaban J connectivity index is 2.90. The molecular formula is C2HNS4. The van der Waals surface area contributed by atoms with Gasteiger partial charge in [0.05, 0.1) is 0 Å². The van der Waals surface area contributed by atoms with E-state index < -0.39 is 0 Å². The summed E-state index contributed by atoms with van der Waals surface area (Å²) in [4.78, 5) is 0. The van der Waals surface area contributed by atoms with Crippen LogP contribution in [-0.4, -0.2) is 8.39 Å².